The summed E-state index contributed by atoms with van der Waals surface area (Å²) in [5.41, 5.74) is 8.62. The van der Waals surface area contributed by atoms with Crippen LogP contribution in [0.5, 0.6) is 0 Å². The first-order valence-electron chi connectivity index (χ1n) is 8.41. The molecule has 120 valence electrons. The number of rotatable bonds is 3. The largest absolute Gasteiger partial charge is 0.363 e. The highest BCUT2D eigenvalue weighted by atomic mass is 16.5. The highest BCUT2D eigenvalue weighted by Crippen LogP contribution is 2.25. The lowest BCUT2D eigenvalue weighted by Crippen LogP contribution is -2.52. The van der Waals surface area contributed by atoms with Gasteiger partial charge in [-0.05, 0) is 24.0 Å². The van der Waals surface area contributed by atoms with Crippen molar-refractivity contribution >= 4 is 5.91 Å². The van der Waals surface area contributed by atoms with Crippen molar-refractivity contribution in [2.75, 3.05) is 6.54 Å². The standard InChI is InChI=1S/C18H26N2O2/c19-18(9-5-1-2-6-10-18)13-20-17(21)16-11-14-7-3-4-8-15(14)12-22-16/h3-4,7-8,16H,1-2,5-6,9-13,19H2,(H,20,21). The number of nitrogens with two attached hydrogens (primary N) is 1. The summed E-state index contributed by atoms with van der Waals surface area (Å²) in [7, 11) is 0. The number of hydrogen-bond donors (Lipinski definition) is 2. The van der Waals surface area contributed by atoms with E-state index in [4.69, 9.17) is 10.5 Å². The first-order chi connectivity index (χ1) is 10.7. The number of benzene rings is 1. The Labute approximate surface area is 132 Å². The highest BCUT2D eigenvalue weighted by molar-refractivity contribution is 5.81. The summed E-state index contributed by atoms with van der Waals surface area (Å²) in [5, 5.41) is 3.03. The molecule has 1 aliphatic heterocycles. The Bertz CT molecular complexity index is 522. The Kier molecular flexibility index (Phi) is 4.79. The number of carbonyl (C=O) groups excluding carboxylic acids is 1. The van der Waals surface area contributed by atoms with E-state index in [9.17, 15) is 4.79 Å². The third-order valence-electron chi connectivity index (χ3n) is 4.97. The molecule has 3 rings (SSSR count). The summed E-state index contributed by atoms with van der Waals surface area (Å²) in [6, 6.07) is 8.16. The molecule has 0 radical (unpaired) electrons. The zero-order valence-electron chi connectivity index (χ0n) is 13.1. The number of carbonyl (C=O) groups is 1. The fraction of sp³-hybridized carbons (Fsp3) is 0.611. The summed E-state index contributed by atoms with van der Waals surface area (Å²) in [6.45, 7) is 1.08. The van der Waals surface area contributed by atoms with E-state index in [1.165, 1.54) is 36.8 Å². The SMILES string of the molecule is NC1(CNC(=O)C2Cc3ccccc3CO2)CCCCCC1. The van der Waals surface area contributed by atoms with E-state index in [0.29, 0.717) is 19.6 Å². The Balaban J connectivity index is 1.54. The summed E-state index contributed by atoms with van der Waals surface area (Å²) in [4.78, 5) is 12.4. The zero-order chi connectivity index (χ0) is 15.4. The fourth-order valence-corrected chi connectivity index (χ4v) is 3.50. The monoisotopic (exact) mass is 302 g/mol. The minimum absolute atomic E-state index is 0.0245. The van der Waals surface area contributed by atoms with E-state index in [-0.39, 0.29) is 17.6 Å². The molecule has 1 fully saturated rings. The van der Waals surface area contributed by atoms with Gasteiger partial charge in [0.1, 0.15) is 6.10 Å². The molecule has 1 saturated carbocycles. The fourth-order valence-electron chi connectivity index (χ4n) is 3.50. The molecule has 1 unspecified atom stereocenters. The topological polar surface area (TPSA) is 64.3 Å². The first-order valence-corrected chi connectivity index (χ1v) is 8.41. The Morgan fingerprint density at radius 1 is 1.18 bits per heavy atom. The van der Waals surface area contributed by atoms with Crippen LogP contribution in [0.3, 0.4) is 0 Å². The molecule has 1 aliphatic carbocycles. The van der Waals surface area contributed by atoms with Crippen molar-refractivity contribution in [3.63, 3.8) is 0 Å². The molecule has 3 N–H and O–H groups in total. The van der Waals surface area contributed by atoms with Gasteiger partial charge in [0.05, 0.1) is 6.61 Å². The van der Waals surface area contributed by atoms with Crippen LogP contribution in [-0.2, 0) is 22.6 Å². The number of amides is 1. The number of ether oxygens (including phenoxy) is 1. The predicted octanol–water partition coefficient (Wildman–Crippen LogP) is 2.30. The van der Waals surface area contributed by atoms with E-state index in [2.05, 4.69) is 17.4 Å². The number of nitrogens with one attached hydrogen (secondary N) is 1. The first kappa shape index (κ1) is 15.5. The van der Waals surface area contributed by atoms with Gasteiger partial charge in [-0.2, -0.15) is 0 Å². The average Bonchev–Trinajstić information content (AvgIpc) is 2.77. The van der Waals surface area contributed by atoms with Gasteiger partial charge in [0.25, 0.3) is 0 Å². The minimum Gasteiger partial charge on any atom is -0.363 e. The maximum atomic E-state index is 12.4. The Morgan fingerprint density at radius 2 is 1.86 bits per heavy atom. The van der Waals surface area contributed by atoms with Gasteiger partial charge in [-0.15, -0.1) is 0 Å². The highest BCUT2D eigenvalue weighted by Gasteiger charge is 2.30. The molecule has 1 amide bonds. The van der Waals surface area contributed by atoms with Crippen molar-refractivity contribution in [1.29, 1.82) is 0 Å². The summed E-state index contributed by atoms with van der Waals surface area (Å²) >= 11 is 0. The van der Waals surface area contributed by atoms with E-state index in [0.717, 1.165) is 12.8 Å². The van der Waals surface area contributed by atoms with Crippen molar-refractivity contribution < 1.29 is 9.53 Å². The van der Waals surface area contributed by atoms with Crippen LogP contribution < -0.4 is 11.1 Å². The number of fused-ring (bicyclic) bond motifs is 1. The van der Waals surface area contributed by atoms with Crippen molar-refractivity contribution in [2.45, 2.75) is 63.2 Å². The molecular weight excluding hydrogens is 276 g/mol. The predicted molar refractivity (Wildman–Crippen MR) is 86.4 cm³/mol. The van der Waals surface area contributed by atoms with Gasteiger partial charge in [-0.25, -0.2) is 0 Å². The third-order valence-corrected chi connectivity index (χ3v) is 4.97. The van der Waals surface area contributed by atoms with Crippen LogP contribution in [0.1, 0.15) is 49.7 Å². The molecule has 0 aromatic heterocycles. The average molecular weight is 302 g/mol. The quantitative estimate of drug-likeness (QED) is 0.842. The molecule has 1 aromatic rings. The third kappa shape index (κ3) is 3.68. The van der Waals surface area contributed by atoms with Gasteiger partial charge in [0.2, 0.25) is 5.91 Å². The van der Waals surface area contributed by atoms with Crippen LogP contribution in [-0.4, -0.2) is 24.1 Å². The van der Waals surface area contributed by atoms with E-state index in [1.807, 2.05) is 12.1 Å². The normalized spacial score (nSPS) is 24.1. The molecule has 2 aliphatic rings. The molecule has 1 aromatic carbocycles. The summed E-state index contributed by atoms with van der Waals surface area (Å²) < 4.78 is 5.71. The van der Waals surface area contributed by atoms with Gasteiger partial charge in [-0.3, -0.25) is 4.79 Å². The lowest BCUT2D eigenvalue weighted by molar-refractivity contribution is -0.134. The number of hydrogen-bond acceptors (Lipinski definition) is 3. The lowest BCUT2D eigenvalue weighted by Gasteiger charge is -2.30. The molecule has 0 spiro atoms. The van der Waals surface area contributed by atoms with Crippen LogP contribution in [0.25, 0.3) is 0 Å². The Morgan fingerprint density at radius 3 is 2.59 bits per heavy atom. The molecule has 1 atom stereocenters. The molecular formula is C18H26N2O2. The smallest absolute Gasteiger partial charge is 0.249 e. The second-order valence-electron chi connectivity index (χ2n) is 6.77. The molecule has 0 saturated heterocycles. The second-order valence-corrected chi connectivity index (χ2v) is 6.77. The van der Waals surface area contributed by atoms with Crippen molar-refractivity contribution in [3.05, 3.63) is 35.4 Å². The zero-order valence-corrected chi connectivity index (χ0v) is 13.1. The van der Waals surface area contributed by atoms with Crippen LogP contribution in [0, 0.1) is 0 Å². The van der Waals surface area contributed by atoms with Crippen LogP contribution in [0.15, 0.2) is 24.3 Å². The van der Waals surface area contributed by atoms with E-state index in [1.54, 1.807) is 0 Å². The van der Waals surface area contributed by atoms with E-state index >= 15 is 0 Å². The van der Waals surface area contributed by atoms with Gasteiger partial charge in [0.15, 0.2) is 0 Å². The van der Waals surface area contributed by atoms with Gasteiger partial charge in [-0.1, -0.05) is 49.9 Å². The van der Waals surface area contributed by atoms with Crippen LogP contribution in [0.2, 0.25) is 0 Å². The summed E-state index contributed by atoms with van der Waals surface area (Å²) in [5.74, 6) is -0.0245. The van der Waals surface area contributed by atoms with Crippen molar-refractivity contribution in [3.8, 4) is 0 Å². The van der Waals surface area contributed by atoms with E-state index < -0.39 is 0 Å². The maximum absolute atomic E-state index is 12.4. The van der Waals surface area contributed by atoms with Gasteiger partial charge >= 0.3 is 0 Å². The molecule has 22 heavy (non-hydrogen) atoms. The van der Waals surface area contributed by atoms with Gasteiger partial charge < -0.3 is 15.8 Å². The molecule has 4 heteroatoms. The maximum Gasteiger partial charge on any atom is 0.249 e. The van der Waals surface area contributed by atoms with Crippen molar-refractivity contribution in [2.24, 2.45) is 5.73 Å². The van der Waals surface area contributed by atoms with Gasteiger partial charge in [0, 0.05) is 18.5 Å². The molecule has 4 nitrogen and oxygen atoms in total. The minimum atomic E-state index is -0.385. The van der Waals surface area contributed by atoms with Crippen LogP contribution in [0.4, 0.5) is 0 Å². The Hall–Kier alpha value is -1.39. The lowest BCUT2D eigenvalue weighted by atomic mass is 9.91. The van der Waals surface area contributed by atoms with Crippen LogP contribution >= 0.6 is 0 Å². The second kappa shape index (κ2) is 6.80. The molecule has 0 bridgehead atoms. The molecule has 1 heterocycles. The summed E-state index contributed by atoms with van der Waals surface area (Å²) in [6.07, 6.45) is 7.12. The van der Waals surface area contributed by atoms with Crippen molar-refractivity contribution in [1.82, 2.24) is 5.32 Å².